The van der Waals surface area contributed by atoms with Crippen molar-refractivity contribution in [3.05, 3.63) is 59.7 Å². The van der Waals surface area contributed by atoms with Crippen molar-refractivity contribution in [3.63, 3.8) is 0 Å². The summed E-state index contributed by atoms with van der Waals surface area (Å²) < 4.78 is 34.0. The van der Waals surface area contributed by atoms with Gasteiger partial charge >= 0.3 is 0 Å². The maximum atomic E-state index is 12.6. The molecule has 2 aromatic carbocycles. The number of hydrogen-bond donors (Lipinski definition) is 2. The molecule has 25 heavy (non-hydrogen) atoms. The fourth-order valence-electron chi connectivity index (χ4n) is 3.15. The van der Waals surface area contributed by atoms with E-state index in [-0.39, 0.29) is 11.8 Å². The van der Waals surface area contributed by atoms with Crippen LogP contribution in [0.4, 0.5) is 5.69 Å². The van der Waals surface area contributed by atoms with Crippen LogP contribution in [0.15, 0.2) is 48.5 Å². The van der Waals surface area contributed by atoms with E-state index >= 15 is 0 Å². The van der Waals surface area contributed by atoms with Crippen LogP contribution in [-0.4, -0.2) is 19.8 Å². The molecule has 0 radical (unpaired) electrons. The molecule has 1 aliphatic heterocycles. The molecule has 0 aromatic heterocycles. The molecule has 3 N–H and O–H groups in total. The number of nitrogen functional groups attached to an aromatic ring is 1. The van der Waals surface area contributed by atoms with Crippen molar-refractivity contribution < 1.29 is 13.2 Å². The fraction of sp³-hybridized carbons (Fsp3) is 0.368. The van der Waals surface area contributed by atoms with Crippen molar-refractivity contribution in [2.24, 2.45) is 0 Å². The summed E-state index contributed by atoms with van der Waals surface area (Å²) in [7, 11) is -3.43. The van der Waals surface area contributed by atoms with Gasteiger partial charge in [0.2, 0.25) is 10.0 Å². The van der Waals surface area contributed by atoms with Gasteiger partial charge in [0, 0.05) is 17.7 Å². The summed E-state index contributed by atoms with van der Waals surface area (Å²) in [5.41, 5.74) is 7.82. The van der Waals surface area contributed by atoms with Crippen molar-refractivity contribution in [3.8, 4) is 5.75 Å². The van der Waals surface area contributed by atoms with Gasteiger partial charge in [-0.1, -0.05) is 30.3 Å². The second-order valence-electron chi connectivity index (χ2n) is 7.09. The standard InChI is InChI=1S/C19H24N2O3S/c1-19(2)13-17(16-12-15(20)8-9-18(16)24-19)21-25(22,23)11-10-14-6-4-3-5-7-14/h3-9,12,17,21H,10-11,13,20H2,1-2H3. The van der Waals surface area contributed by atoms with Gasteiger partial charge in [0.25, 0.3) is 0 Å². The van der Waals surface area contributed by atoms with E-state index < -0.39 is 15.6 Å². The van der Waals surface area contributed by atoms with Gasteiger partial charge < -0.3 is 10.5 Å². The molecule has 0 amide bonds. The van der Waals surface area contributed by atoms with Gasteiger partial charge in [0.15, 0.2) is 0 Å². The Bertz CT molecular complexity index is 848. The first kappa shape index (κ1) is 17.8. The lowest BCUT2D eigenvalue weighted by atomic mass is 9.90. The maximum Gasteiger partial charge on any atom is 0.212 e. The average molecular weight is 360 g/mol. The molecule has 1 atom stereocenters. The predicted octanol–water partition coefficient (Wildman–Crippen LogP) is 3.03. The Morgan fingerprint density at radius 3 is 2.64 bits per heavy atom. The molecule has 0 aliphatic carbocycles. The van der Waals surface area contributed by atoms with Crippen molar-refractivity contribution in [2.75, 3.05) is 11.5 Å². The van der Waals surface area contributed by atoms with Crippen LogP contribution in [0.25, 0.3) is 0 Å². The van der Waals surface area contributed by atoms with E-state index in [1.807, 2.05) is 44.2 Å². The summed E-state index contributed by atoms with van der Waals surface area (Å²) in [4.78, 5) is 0. The van der Waals surface area contributed by atoms with Crippen LogP contribution < -0.4 is 15.2 Å². The van der Waals surface area contributed by atoms with Gasteiger partial charge in [-0.25, -0.2) is 13.1 Å². The topological polar surface area (TPSA) is 81.4 Å². The number of benzene rings is 2. The van der Waals surface area contributed by atoms with Gasteiger partial charge in [0.05, 0.1) is 11.8 Å². The van der Waals surface area contributed by atoms with Gasteiger partial charge in [-0.15, -0.1) is 0 Å². The van der Waals surface area contributed by atoms with E-state index in [1.54, 1.807) is 18.2 Å². The van der Waals surface area contributed by atoms with Crippen LogP contribution in [0, 0.1) is 0 Å². The Labute approximate surface area is 149 Å². The summed E-state index contributed by atoms with van der Waals surface area (Å²) in [6.45, 7) is 3.91. The SMILES string of the molecule is CC1(C)CC(NS(=O)(=O)CCc2ccccc2)c2cc(N)ccc2O1. The molecule has 0 saturated heterocycles. The molecular weight excluding hydrogens is 336 g/mol. The van der Waals surface area contributed by atoms with E-state index in [0.717, 1.165) is 11.1 Å². The smallest absolute Gasteiger partial charge is 0.212 e. The minimum Gasteiger partial charge on any atom is -0.487 e. The predicted molar refractivity (Wildman–Crippen MR) is 100.0 cm³/mol. The van der Waals surface area contributed by atoms with Crippen LogP contribution in [0.3, 0.4) is 0 Å². The Hall–Kier alpha value is -2.05. The van der Waals surface area contributed by atoms with Crippen LogP contribution in [0.5, 0.6) is 5.75 Å². The molecule has 1 aliphatic rings. The lowest BCUT2D eigenvalue weighted by molar-refractivity contribution is 0.0702. The van der Waals surface area contributed by atoms with Crippen LogP contribution in [0.1, 0.15) is 37.4 Å². The number of nitrogens with two attached hydrogens (primary N) is 1. The van der Waals surface area contributed by atoms with E-state index in [2.05, 4.69) is 4.72 Å². The van der Waals surface area contributed by atoms with Gasteiger partial charge in [-0.05, 0) is 44.0 Å². The number of hydrogen-bond acceptors (Lipinski definition) is 4. The minimum absolute atomic E-state index is 0.0481. The summed E-state index contributed by atoms with van der Waals surface area (Å²) >= 11 is 0. The van der Waals surface area contributed by atoms with Crippen molar-refractivity contribution >= 4 is 15.7 Å². The zero-order valence-electron chi connectivity index (χ0n) is 14.5. The van der Waals surface area contributed by atoms with Crippen LogP contribution >= 0.6 is 0 Å². The summed E-state index contributed by atoms with van der Waals surface area (Å²) in [6, 6.07) is 14.6. The average Bonchev–Trinajstić information content (AvgIpc) is 2.54. The number of aryl methyl sites for hydroxylation is 1. The Morgan fingerprint density at radius 1 is 1.20 bits per heavy atom. The monoisotopic (exact) mass is 360 g/mol. The maximum absolute atomic E-state index is 12.6. The molecule has 0 bridgehead atoms. The zero-order chi connectivity index (χ0) is 18.1. The highest BCUT2D eigenvalue weighted by atomic mass is 32.2. The molecule has 1 heterocycles. The first-order valence-electron chi connectivity index (χ1n) is 8.36. The molecule has 0 fully saturated rings. The molecular formula is C19H24N2O3S. The van der Waals surface area contributed by atoms with Gasteiger partial charge in [-0.2, -0.15) is 0 Å². The van der Waals surface area contributed by atoms with E-state index in [0.29, 0.717) is 24.3 Å². The van der Waals surface area contributed by atoms with Gasteiger partial charge in [-0.3, -0.25) is 0 Å². The fourth-order valence-corrected chi connectivity index (χ4v) is 4.42. The third-order valence-electron chi connectivity index (χ3n) is 4.32. The Balaban J connectivity index is 1.78. The summed E-state index contributed by atoms with van der Waals surface area (Å²) in [5, 5.41) is 0. The number of nitrogens with one attached hydrogen (secondary N) is 1. The number of ether oxygens (including phenoxy) is 1. The van der Waals surface area contributed by atoms with Crippen LogP contribution in [0.2, 0.25) is 0 Å². The van der Waals surface area contributed by atoms with Crippen molar-refractivity contribution in [1.29, 1.82) is 0 Å². The number of anilines is 1. The number of sulfonamides is 1. The third-order valence-corrected chi connectivity index (χ3v) is 5.70. The number of rotatable bonds is 5. The Morgan fingerprint density at radius 2 is 1.92 bits per heavy atom. The van der Waals surface area contributed by atoms with E-state index in [4.69, 9.17) is 10.5 Å². The highest BCUT2D eigenvalue weighted by molar-refractivity contribution is 7.89. The second-order valence-corrected chi connectivity index (χ2v) is 8.96. The first-order valence-corrected chi connectivity index (χ1v) is 10.0. The quantitative estimate of drug-likeness (QED) is 0.803. The first-order chi connectivity index (χ1) is 11.7. The van der Waals surface area contributed by atoms with E-state index in [9.17, 15) is 8.42 Å². The third kappa shape index (κ3) is 4.52. The highest BCUT2D eigenvalue weighted by Gasteiger charge is 2.35. The highest BCUT2D eigenvalue weighted by Crippen LogP contribution is 2.40. The zero-order valence-corrected chi connectivity index (χ0v) is 15.3. The lowest BCUT2D eigenvalue weighted by Gasteiger charge is -2.37. The van der Waals surface area contributed by atoms with Crippen LogP contribution in [-0.2, 0) is 16.4 Å². The summed E-state index contributed by atoms with van der Waals surface area (Å²) in [6.07, 6.45) is 1.03. The molecule has 6 heteroatoms. The largest absolute Gasteiger partial charge is 0.487 e. The van der Waals surface area contributed by atoms with Crippen molar-refractivity contribution in [2.45, 2.75) is 38.3 Å². The second kappa shape index (κ2) is 6.69. The molecule has 3 rings (SSSR count). The lowest BCUT2D eigenvalue weighted by Crippen LogP contribution is -2.42. The number of fused-ring (bicyclic) bond motifs is 1. The summed E-state index contributed by atoms with van der Waals surface area (Å²) in [5.74, 6) is 0.730. The van der Waals surface area contributed by atoms with Gasteiger partial charge in [0.1, 0.15) is 11.4 Å². The molecule has 0 spiro atoms. The molecule has 5 nitrogen and oxygen atoms in total. The Kier molecular flexibility index (Phi) is 4.75. The van der Waals surface area contributed by atoms with E-state index in [1.165, 1.54) is 0 Å². The van der Waals surface area contributed by atoms with Crippen molar-refractivity contribution in [1.82, 2.24) is 4.72 Å². The molecule has 1 unspecified atom stereocenters. The normalized spacial score (nSPS) is 19.0. The minimum atomic E-state index is -3.43. The molecule has 134 valence electrons. The molecule has 0 saturated carbocycles. The molecule has 2 aromatic rings.